The van der Waals surface area contributed by atoms with E-state index in [9.17, 15) is 9.18 Å². The molecule has 1 atom stereocenters. The maximum Gasteiger partial charge on any atom is 0.258 e. The molecular formula is C15H19FN2O. The second-order valence-electron chi connectivity index (χ2n) is 5.59. The fourth-order valence-electron chi connectivity index (χ4n) is 3.58. The predicted octanol–water partition coefficient (Wildman–Crippen LogP) is 3.02. The molecule has 2 fully saturated rings. The zero-order valence-electron chi connectivity index (χ0n) is 11.0. The van der Waals surface area contributed by atoms with E-state index in [1.165, 1.54) is 37.9 Å². The molecule has 3 nitrogen and oxygen atoms in total. The Morgan fingerprint density at radius 2 is 2.05 bits per heavy atom. The van der Waals surface area contributed by atoms with Gasteiger partial charge < -0.3 is 4.90 Å². The Morgan fingerprint density at radius 3 is 2.79 bits per heavy atom. The lowest BCUT2D eigenvalue weighted by Crippen LogP contribution is -2.39. The molecule has 1 aromatic heterocycles. The highest BCUT2D eigenvalue weighted by Gasteiger charge is 2.36. The third kappa shape index (κ3) is 2.36. The zero-order chi connectivity index (χ0) is 13.2. The van der Waals surface area contributed by atoms with E-state index in [4.69, 9.17) is 0 Å². The van der Waals surface area contributed by atoms with Crippen LogP contribution < -0.4 is 0 Å². The first-order valence-electron chi connectivity index (χ1n) is 7.19. The van der Waals surface area contributed by atoms with Crippen molar-refractivity contribution in [1.82, 2.24) is 9.88 Å². The normalized spacial score (nSPS) is 24.1. The van der Waals surface area contributed by atoms with Crippen LogP contribution in [0.25, 0.3) is 0 Å². The summed E-state index contributed by atoms with van der Waals surface area (Å²) >= 11 is 0. The molecule has 1 aliphatic carbocycles. The van der Waals surface area contributed by atoms with Crippen molar-refractivity contribution < 1.29 is 9.18 Å². The van der Waals surface area contributed by atoms with Gasteiger partial charge in [-0.3, -0.25) is 4.79 Å². The minimum Gasteiger partial charge on any atom is -0.335 e. The van der Waals surface area contributed by atoms with Gasteiger partial charge in [0, 0.05) is 18.8 Å². The molecule has 0 spiro atoms. The van der Waals surface area contributed by atoms with Crippen molar-refractivity contribution >= 4 is 5.91 Å². The fourth-order valence-corrected chi connectivity index (χ4v) is 3.58. The molecule has 0 aromatic carbocycles. The Labute approximate surface area is 112 Å². The summed E-state index contributed by atoms with van der Waals surface area (Å²) in [5.74, 6) is -0.212. The topological polar surface area (TPSA) is 33.2 Å². The van der Waals surface area contributed by atoms with Gasteiger partial charge in [-0.05, 0) is 43.7 Å². The maximum absolute atomic E-state index is 13.6. The summed E-state index contributed by atoms with van der Waals surface area (Å²) in [5, 5.41) is 0. The summed E-state index contributed by atoms with van der Waals surface area (Å²) in [5.41, 5.74) is 0.118. The quantitative estimate of drug-likeness (QED) is 0.768. The SMILES string of the molecule is O=C(c1cccnc1F)N1CCCC1C1CCCC1. The van der Waals surface area contributed by atoms with Gasteiger partial charge in [0.1, 0.15) is 0 Å². The van der Waals surface area contributed by atoms with Crippen molar-refractivity contribution in [1.29, 1.82) is 0 Å². The van der Waals surface area contributed by atoms with Gasteiger partial charge in [-0.25, -0.2) is 4.98 Å². The third-order valence-electron chi connectivity index (χ3n) is 4.49. The van der Waals surface area contributed by atoms with E-state index < -0.39 is 5.95 Å². The molecule has 1 unspecified atom stereocenters. The van der Waals surface area contributed by atoms with Crippen molar-refractivity contribution in [3.05, 3.63) is 29.8 Å². The van der Waals surface area contributed by atoms with E-state index in [0.717, 1.165) is 19.4 Å². The average Bonchev–Trinajstić information content (AvgIpc) is 3.09. The number of nitrogens with zero attached hydrogens (tertiary/aromatic N) is 2. The first kappa shape index (κ1) is 12.6. The van der Waals surface area contributed by atoms with Gasteiger partial charge in [0.25, 0.3) is 5.91 Å². The Bertz CT molecular complexity index is 471. The van der Waals surface area contributed by atoms with E-state index in [1.807, 2.05) is 4.90 Å². The summed E-state index contributed by atoms with van der Waals surface area (Å²) in [7, 11) is 0. The smallest absolute Gasteiger partial charge is 0.258 e. The highest BCUT2D eigenvalue weighted by molar-refractivity contribution is 5.94. The zero-order valence-corrected chi connectivity index (χ0v) is 11.0. The van der Waals surface area contributed by atoms with E-state index >= 15 is 0 Å². The van der Waals surface area contributed by atoms with Crippen LogP contribution in [0.5, 0.6) is 0 Å². The average molecular weight is 262 g/mol. The molecule has 0 N–H and O–H groups in total. The third-order valence-corrected chi connectivity index (χ3v) is 4.49. The van der Waals surface area contributed by atoms with Crippen molar-refractivity contribution in [2.45, 2.75) is 44.6 Å². The molecule has 2 heterocycles. The van der Waals surface area contributed by atoms with E-state index in [0.29, 0.717) is 12.0 Å². The van der Waals surface area contributed by atoms with Gasteiger partial charge in [0.15, 0.2) is 0 Å². The Balaban J connectivity index is 1.80. The van der Waals surface area contributed by atoms with Gasteiger partial charge in [0.2, 0.25) is 5.95 Å². The molecule has 4 heteroatoms. The van der Waals surface area contributed by atoms with E-state index in [-0.39, 0.29) is 11.5 Å². The summed E-state index contributed by atoms with van der Waals surface area (Å²) < 4.78 is 13.6. The van der Waals surface area contributed by atoms with E-state index in [2.05, 4.69) is 4.98 Å². The summed E-state index contributed by atoms with van der Waals surface area (Å²) in [4.78, 5) is 17.9. The van der Waals surface area contributed by atoms with Crippen LogP contribution >= 0.6 is 0 Å². The Hall–Kier alpha value is -1.45. The first-order valence-corrected chi connectivity index (χ1v) is 7.19. The number of carbonyl (C=O) groups is 1. The Kier molecular flexibility index (Phi) is 3.49. The van der Waals surface area contributed by atoms with Crippen LogP contribution in [0.4, 0.5) is 4.39 Å². The summed E-state index contributed by atoms with van der Waals surface area (Å²) in [6.07, 6.45) is 8.44. The molecule has 102 valence electrons. The van der Waals surface area contributed by atoms with Crippen molar-refractivity contribution in [3.63, 3.8) is 0 Å². The molecule has 3 rings (SSSR count). The van der Waals surface area contributed by atoms with Gasteiger partial charge >= 0.3 is 0 Å². The van der Waals surface area contributed by atoms with Crippen LogP contribution in [0.1, 0.15) is 48.9 Å². The minimum absolute atomic E-state index is 0.118. The second kappa shape index (κ2) is 5.27. The largest absolute Gasteiger partial charge is 0.335 e. The molecule has 2 aliphatic rings. The monoisotopic (exact) mass is 262 g/mol. The summed E-state index contributed by atoms with van der Waals surface area (Å²) in [6, 6.07) is 3.47. The summed E-state index contributed by atoms with van der Waals surface area (Å²) in [6.45, 7) is 0.758. The number of amides is 1. The second-order valence-corrected chi connectivity index (χ2v) is 5.59. The molecule has 1 saturated heterocycles. The molecule has 1 aliphatic heterocycles. The number of hydrogen-bond donors (Lipinski definition) is 0. The number of carbonyl (C=O) groups excluding carboxylic acids is 1. The number of hydrogen-bond acceptors (Lipinski definition) is 2. The van der Waals surface area contributed by atoms with Crippen molar-refractivity contribution in [2.24, 2.45) is 5.92 Å². The molecule has 1 aromatic rings. The van der Waals surface area contributed by atoms with Crippen LogP contribution in [-0.4, -0.2) is 28.4 Å². The van der Waals surface area contributed by atoms with Crippen molar-refractivity contribution in [3.8, 4) is 0 Å². The van der Waals surface area contributed by atoms with Gasteiger partial charge in [0.05, 0.1) is 5.56 Å². The Morgan fingerprint density at radius 1 is 1.26 bits per heavy atom. The van der Waals surface area contributed by atoms with E-state index in [1.54, 1.807) is 6.07 Å². The minimum atomic E-state index is -0.649. The highest BCUT2D eigenvalue weighted by Crippen LogP contribution is 2.36. The standard InChI is InChI=1S/C15H19FN2O/c16-14-12(7-3-9-17-14)15(19)18-10-4-8-13(18)11-5-1-2-6-11/h3,7,9,11,13H,1-2,4-6,8,10H2. The number of halogens is 1. The van der Waals surface area contributed by atoms with Gasteiger partial charge in [-0.1, -0.05) is 12.8 Å². The predicted molar refractivity (Wildman–Crippen MR) is 70.2 cm³/mol. The highest BCUT2D eigenvalue weighted by atomic mass is 19.1. The number of likely N-dealkylation sites (tertiary alicyclic amines) is 1. The van der Waals surface area contributed by atoms with Crippen LogP contribution in [0.2, 0.25) is 0 Å². The molecule has 0 radical (unpaired) electrons. The lowest BCUT2D eigenvalue weighted by atomic mass is 9.95. The van der Waals surface area contributed by atoms with Crippen molar-refractivity contribution in [2.75, 3.05) is 6.54 Å². The van der Waals surface area contributed by atoms with Crippen LogP contribution in [0.3, 0.4) is 0 Å². The van der Waals surface area contributed by atoms with Crippen LogP contribution in [0, 0.1) is 11.9 Å². The lowest BCUT2D eigenvalue weighted by molar-refractivity contribution is 0.0683. The number of rotatable bonds is 2. The van der Waals surface area contributed by atoms with Crippen LogP contribution in [-0.2, 0) is 0 Å². The van der Waals surface area contributed by atoms with Gasteiger partial charge in [-0.15, -0.1) is 0 Å². The molecule has 0 bridgehead atoms. The molecule has 19 heavy (non-hydrogen) atoms. The number of pyridine rings is 1. The molecule has 1 saturated carbocycles. The maximum atomic E-state index is 13.6. The van der Waals surface area contributed by atoms with Gasteiger partial charge in [-0.2, -0.15) is 4.39 Å². The lowest BCUT2D eigenvalue weighted by Gasteiger charge is -2.29. The van der Waals surface area contributed by atoms with Crippen LogP contribution in [0.15, 0.2) is 18.3 Å². The number of aromatic nitrogens is 1. The molecular weight excluding hydrogens is 243 g/mol. The molecule has 1 amide bonds. The first-order chi connectivity index (χ1) is 9.27. The fraction of sp³-hybridized carbons (Fsp3) is 0.600.